The SMILES string of the molecule is CCCCCCCCCCCCCCCCc1ccc(-c2ccc(C=Cc3ccc(-c4ccc(CCCCCCCCCCCCCCCC)s4)cc3)cc2)s1. The summed E-state index contributed by atoms with van der Waals surface area (Å²) < 4.78 is 0. The third-order valence-corrected chi connectivity index (χ3v) is 14.1. The summed E-state index contributed by atoms with van der Waals surface area (Å²) in [6.45, 7) is 4.61. The summed E-state index contributed by atoms with van der Waals surface area (Å²) >= 11 is 3.96. The zero-order valence-electron chi connectivity index (χ0n) is 36.1. The minimum atomic E-state index is 1.23. The van der Waals surface area contributed by atoms with Crippen LogP contribution in [0.5, 0.6) is 0 Å². The predicted octanol–water partition coefficient (Wildman–Crippen LogP) is 19.4. The first kappa shape index (κ1) is 46.3. The first-order valence-corrected chi connectivity index (χ1v) is 25.4. The molecule has 0 amide bonds. The highest BCUT2D eigenvalue weighted by Gasteiger charge is 2.06. The molecule has 2 aromatic heterocycles. The van der Waals surface area contributed by atoms with Gasteiger partial charge in [-0.3, -0.25) is 0 Å². The Hall–Kier alpha value is -2.42. The van der Waals surface area contributed by atoms with Crippen LogP contribution in [-0.2, 0) is 12.8 Å². The molecule has 2 heterocycles. The van der Waals surface area contributed by atoms with Gasteiger partial charge in [0, 0.05) is 19.5 Å². The molecule has 0 radical (unpaired) electrons. The monoisotopic (exact) mass is 793 g/mol. The molecule has 2 heteroatoms. The average Bonchev–Trinajstić information content (AvgIpc) is 3.91. The Morgan fingerprint density at radius 2 is 0.571 bits per heavy atom. The second kappa shape index (κ2) is 30.6. The highest BCUT2D eigenvalue weighted by molar-refractivity contribution is 7.15. The van der Waals surface area contributed by atoms with Gasteiger partial charge in [0.15, 0.2) is 0 Å². The van der Waals surface area contributed by atoms with Crippen LogP contribution in [0.2, 0.25) is 0 Å². The van der Waals surface area contributed by atoms with Crippen LogP contribution in [0, 0.1) is 0 Å². The third-order valence-electron chi connectivity index (χ3n) is 11.7. The third kappa shape index (κ3) is 20.3. The fourth-order valence-corrected chi connectivity index (χ4v) is 10.1. The minimum absolute atomic E-state index is 1.23. The van der Waals surface area contributed by atoms with Gasteiger partial charge in [-0.2, -0.15) is 0 Å². The van der Waals surface area contributed by atoms with Gasteiger partial charge in [0.1, 0.15) is 0 Å². The van der Waals surface area contributed by atoms with Crippen LogP contribution in [0.4, 0.5) is 0 Å². The van der Waals surface area contributed by atoms with E-state index in [-0.39, 0.29) is 0 Å². The number of unbranched alkanes of at least 4 members (excludes halogenated alkanes) is 26. The van der Waals surface area contributed by atoms with Crippen LogP contribution in [0.3, 0.4) is 0 Å². The van der Waals surface area contributed by atoms with E-state index in [1.165, 1.54) is 234 Å². The van der Waals surface area contributed by atoms with Crippen LogP contribution >= 0.6 is 22.7 Å². The average molecular weight is 793 g/mol. The first-order valence-electron chi connectivity index (χ1n) is 23.8. The van der Waals surface area contributed by atoms with Crippen molar-refractivity contribution in [2.24, 2.45) is 0 Å². The van der Waals surface area contributed by atoms with E-state index in [0.717, 1.165) is 0 Å². The topological polar surface area (TPSA) is 0 Å². The van der Waals surface area contributed by atoms with Crippen molar-refractivity contribution in [3.8, 4) is 20.9 Å². The zero-order valence-corrected chi connectivity index (χ0v) is 37.7. The summed E-state index contributed by atoms with van der Waals surface area (Å²) in [6.07, 6.45) is 46.8. The van der Waals surface area contributed by atoms with Crippen molar-refractivity contribution in [2.45, 2.75) is 206 Å². The molecular weight excluding hydrogens is 713 g/mol. The van der Waals surface area contributed by atoms with E-state index < -0.39 is 0 Å². The van der Waals surface area contributed by atoms with E-state index in [9.17, 15) is 0 Å². The van der Waals surface area contributed by atoms with Crippen molar-refractivity contribution >= 4 is 34.8 Å². The Morgan fingerprint density at radius 3 is 0.857 bits per heavy atom. The molecule has 56 heavy (non-hydrogen) atoms. The first-order chi connectivity index (χ1) is 27.7. The molecule has 0 aliphatic carbocycles. The standard InChI is InChI=1S/C54H80S2/c1-3-5-7-9-11-13-15-17-19-21-23-25-27-29-31-51-43-45-53(55-51)49-39-35-47(36-40-49)33-34-48-37-41-50(42-38-48)54-46-44-52(56-54)32-30-28-26-24-22-20-18-16-14-12-10-8-6-4-2/h33-46H,3-32H2,1-2H3. The van der Waals surface area contributed by atoms with E-state index >= 15 is 0 Å². The highest BCUT2D eigenvalue weighted by atomic mass is 32.1. The molecular formula is C54H80S2. The number of thiophene rings is 2. The van der Waals surface area contributed by atoms with Crippen LogP contribution in [0.1, 0.15) is 215 Å². The second-order valence-electron chi connectivity index (χ2n) is 16.8. The maximum Gasteiger partial charge on any atom is 0.0345 e. The van der Waals surface area contributed by atoms with Gasteiger partial charge in [-0.25, -0.2) is 0 Å². The summed E-state index contributed by atoms with van der Waals surface area (Å²) in [5.41, 5.74) is 5.18. The van der Waals surface area contributed by atoms with E-state index in [1.54, 1.807) is 0 Å². The summed E-state index contributed by atoms with van der Waals surface area (Å²) in [7, 11) is 0. The molecule has 4 aromatic rings. The van der Waals surface area contributed by atoms with Crippen LogP contribution in [0.25, 0.3) is 33.0 Å². The Bertz CT molecular complexity index is 1400. The fraction of sp³-hybridized carbons (Fsp3) is 0.593. The smallest absolute Gasteiger partial charge is 0.0345 e. The van der Waals surface area contributed by atoms with Gasteiger partial charge in [0.2, 0.25) is 0 Å². The lowest BCUT2D eigenvalue weighted by Crippen LogP contribution is -1.84. The van der Waals surface area contributed by atoms with Crippen molar-refractivity contribution in [1.29, 1.82) is 0 Å². The molecule has 0 fully saturated rings. The summed E-state index contributed by atoms with van der Waals surface area (Å²) in [5.74, 6) is 0. The molecule has 0 aliphatic rings. The zero-order chi connectivity index (χ0) is 39.1. The predicted molar refractivity (Wildman–Crippen MR) is 256 cm³/mol. The van der Waals surface area contributed by atoms with Crippen LogP contribution < -0.4 is 0 Å². The number of hydrogen-bond acceptors (Lipinski definition) is 2. The number of hydrogen-bond donors (Lipinski definition) is 0. The molecule has 0 spiro atoms. The van der Waals surface area contributed by atoms with Crippen molar-refractivity contribution in [1.82, 2.24) is 0 Å². The molecule has 0 N–H and O–H groups in total. The number of rotatable bonds is 34. The molecule has 0 unspecified atom stereocenters. The molecule has 308 valence electrons. The molecule has 2 aromatic carbocycles. The van der Waals surface area contributed by atoms with Crippen LogP contribution in [0.15, 0.2) is 72.8 Å². The largest absolute Gasteiger partial charge is 0.140 e. The van der Waals surface area contributed by atoms with Crippen molar-refractivity contribution < 1.29 is 0 Å². The Labute approximate surface area is 354 Å². The van der Waals surface area contributed by atoms with Crippen molar-refractivity contribution in [3.05, 3.63) is 93.7 Å². The summed E-state index contributed by atoms with van der Waals surface area (Å²) in [5, 5.41) is 0. The van der Waals surface area contributed by atoms with E-state index in [1.807, 2.05) is 22.7 Å². The molecule has 0 nitrogen and oxygen atoms in total. The molecule has 0 saturated carbocycles. The fourth-order valence-electron chi connectivity index (χ4n) is 8.03. The maximum atomic E-state index is 2.36. The van der Waals surface area contributed by atoms with E-state index in [0.29, 0.717) is 0 Å². The lowest BCUT2D eigenvalue weighted by molar-refractivity contribution is 0.536. The Kier molecular flexibility index (Phi) is 25.3. The van der Waals surface area contributed by atoms with Crippen molar-refractivity contribution in [2.75, 3.05) is 0 Å². The summed E-state index contributed by atoms with van der Waals surface area (Å²) in [4.78, 5) is 5.87. The minimum Gasteiger partial charge on any atom is -0.140 e. The van der Waals surface area contributed by atoms with Crippen molar-refractivity contribution in [3.63, 3.8) is 0 Å². The summed E-state index contributed by atoms with van der Waals surface area (Å²) in [6, 6.07) is 27.6. The van der Waals surface area contributed by atoms with Gasteiger partial charge in [0.25, 0.3) is 0 Å². The Morgan fingerprint density at radius 1 is 0.304 bits per heavy atom. The van der Waals surface area contributed by atoms with Gasteiger partial charge >= 0.3 is 0 Å². The molecule has 0 atom stereocenters. The number of benzene rings is 2. The van der Waals surface area contributed by atoms with Gasteiger partial charge in [-0.1, -0.05) is 241 Å². The van der Waals surface area contributed by atoms with Crippen LogP contribution in [-0.4, -0.2) is 0 Å². The van der Waals surface area contributed by atoms with Gasteiger partial charge in [-0.05, 0) is 72.2 Å². The molecule has 0 saturated heterocycles. The normalized spacial score (nSPS) is 11.7. The van der Waals surface area contributed by atoms with Gasteiger partial charge < -0.3 is 0 Å². The lowest BCUT2D eigenvalue weighted by Gasteiger charge is -2.03. The molecule has 4 rings (SSSR count). The number of aryl methyl sites for hydroxylation is 2. The Balaban J connectivity index is 1.04. The van der Waals surface area contributed by atoms with Gasteiger partial charge in [0.05, 0.1) is 0 Å². The lowest BCUT2D eigenvalue weighted by atomic mass is 10.0. The van der Waals surface area contributed by atoms with E-state index in [4.69, 9.17) is 0 Å². The molecule has 0 aliphatic heterocycles. The highest BCUT2D eigenvalue weighted by Crippen LogP contribution is 2.31. The quantitative estimate of drug-likeness (QED) is 0.0326. The second-order valence-corrected chi connectivity index (χ2v) is 19.1. The molecule has 0 bridgehead atoms. The maximum absolute atomic E-state index is 2.36. The van der Waals surface area contributed by atoms with E-state index in [2.05, 4.69) is 98.8 Å². The van der Waals surface area contributed by atoms with Gasteiger partial charge in [-0.15, -0.1) is 22.7 Å².